The lowest BCUT2D eigenvalue weighted by atomic mass is 9.99. The van der Waals surface area contributed by atoms with Crippen molar-refractivity contribution in [3.63, 3.8) is 0 Å². The number of nitrogens with zero attached hydrogens (tertiary/aromatic N) is 3. The quantitative estimate of drug-likeness (QED) is 0.152. The van der Waals surface area contributed by atoms with Crippen molar-refractivity contribution in [2.24, 2.45) is 0 Å². The Morgan fingerprint density at radius 2 is 0.747 bits per heavy atom. The monoisotopic (exact) mass is 1270 g/mol. The summed E-state index contributed by atoms with van der Waals surface area (Å²) in [4.78, 5) is 6.00. The van der Waals surface area contributed by atoms with Crippen molar-refractivity contribution in [3.8, 4) is 22.3 Å². The number of hydrogen-bond donors (Lipinski definition) is 0. The SMILES string of the molecule is c1ccc(-c2cccc3c2oc2cc(N(c4ccc5c(c4)oc4c5c5c6ccccc6cc6c7c8ccc(N(c9ccc%10c(c9)oc9c(-c%11ccccc%11)cccc9%10)c9cccc%10c9sc9ccccc9%10)cc8sc7n4c65)c4cccc5c4sc4ccccc45)ccc23)cc1. The van der Waals surface area contributed by atoms with Gasteiger partial charge < -0.3 is 23.1 Å². The van der Waals surface area contributed by atoms with Crippen molar-refractivity contribution in [2.45, 2.75) is 0 Å². The minimum absolute atomic E-state index is 0.819. The van der Waals surface area contributed by atoms with Gasteiger partial charge in [0.05, 0.1) is 31.7 Å². The Hall–Kier alpha value is -11.7. The maximum Gasteiger partial charge on any atom is 0.214 e. The zero-order valence-electron chi connectivity index (χ0n) is 50.4. The molecule has 0 amide bonds. The van der Waals surface area contributed by atoms with Gasteiger partial charge in [-0.3, -0.25) is 4.40 Å². The molecule has 8 heterocycles. The predicted molar refractivity (Wildman–Crippen MR) is 404 cm³/mol. The molecule has 0 aliphatic heterocycles. The number of fused-ring (bicyclic) bond motifs is 24. The van der Waals surface area contributed by atoms with E-state index in [-0.39, 0.29) is 0 Å². The Bertz CT molecular complexity index is 7000. The minimum Gasteiger partial charge on any atom is -0.455 e. The van der Waals surface area contributed by atoms with E-state index in [0.29, 0.717) is 0 Å². The minimum atomic E-state index is 0.819. The summed E-state index contributed by atoms with van der Waals surface area (Å²) in [7, 11) is 0. The number of anilines is 6. The molecule has 0 aliphatic carbocycles. The average molecular weight is 1270 g/mol. The third-order valence-electron chi connectivity index (χ3n) is 19.9. The number of thiophene rings is 3. The molecule has 0 saturated heterocycles. The maximum absolute atomic E-state index is 7.50. The predicted octanol–water partition coefficient (Wildman–Crippen LogP) is 26.8. The highest BCUT2D eigenvalue weighted by Gasteiger charge is 2.30. The second-order valence-corrected chi connectivity index (χ2v) is 28.1. The van der Waals surface area contributed by atoms with Gasteiger partial charge in [-0.1, -0.05) is 188 Å². The highest BCUT2D eigenvalue weighted by molar-refractivity contribution is 7.27. The van der Waals surface area contributed by atoms with Crippen LogP contribution in [0, 0.1) is 0 Å². The van der Waals surface area contributed by atoms with E-state index in [9.17, 15) is 0 Å². The van der Waals surface area contributed by atoms with Gasteiger partial charge in [0.25, 0.3) is 0 Å². The summed E-state index contributed by atoms with van der Waals surface area (Å²) >= 11 is 5.52. The van der Waals surface area contributed by atoms with Crippen LogP contribution in [-0.2, 0) is 0 Å². The Balaban J connectivity index is 0.748. The summed E-state index contributed by atoms with van der Waals surface area (Å²) in [5.41, 5.74) is 17.0. The molecule has 0 bridgehead atoms. The van der Waals surface area contributed by atoms with Crippen LogP contribution in [0.1, 0.15) is 0 Å². The average Bonchev–Trinajstić information content (AvgIpc) is 1.51. The zero-order chi connectivity index (χ0) is 61.7. The molecular formula is C86H47N3O3S3. The fraction of sp³-hybridized carbons (Fsp3) is 0. The van der Waals surface area contributed by atoms with Crippen LogP contribution in [0.2, 0.25) is 0 Å². The largest absolute Gasteiger partial charge is 0.455 e. The molecule has 0 N–H and O–H groups in total. The highest BCUT2D eigenvalue weighted by Crippen LogP contribution is 2.54. The van der Waals surface area contributed by atoms with Crippen molar-refractivity contribution in [1.29, 1.82) is 0 Å². The van der Waals surface area contributed by atoms with Crippen LogP contribution in [0.5, 0.6) is 0 Å². The van der Waals surface area contributed by atoms with E-state index < -0.39 is 0 Å². The molecule has 0 saturated carbocycles. The molecule has 0 unspecified atom stereocenters. The number of benzene rings is 14. The van der Waals surface area contributed by atoms with Crippen LogP contribution >= 0.6 is 34.0 Å². The third-order valence-corrected chi connectivity index (χ3v) is 23.5. The van der Waals surface area contributed by atoms with Gasteiger partial charge in [0.2, 0.25) is 5.71 Å². The lowest BCUT2D eigenvalue weighted by Gasteiger charge is -2.26. The van der Waals surface area contributed by atoms with Gasteiger partial charge in [-0.15, -0.1) is 34.0 Å². The Labute approximate surface area is 552 Å². The van der Waals surface area contributed by atoms with Gasteiger partial charge in [-0.25, -0.2) is 0 Å². The number of hydrogen-bond acceptors (Lipinski definition) is 8. The van der Waals surface area contributed by atoms with Crippen LogP contribution in [0.15, 0.2) is 298 Å². The van der Waals surface area contributed by atoms with E-state index in [2.05, 4.69) is 299 Å². The van der Waals surface area contributed by atoms with E-state index >= 15 is 0 Å². The molecule has 0 radical (unpaired) electrons. The first-order valence-electron chi connectivity index (χ1n) is 32.0. The molecule has 0 spiro atoms. The number of rotatable bonds is 8. The van der Waals surface area contributed by atoms with Crippen LogP contribution < -0.4 is 9.80 Å². The third kappa shape index (κ3) is 7.31. The molecule has 22 rings (SSSR count). The summed E-state index contributed by atoms with van der Waals surface area (Å²) in [6.07, 6.45) is 0. The molecule has 14 aromatic carbocycles. The molecule has 0 atom stereocenters. The summed E-state index contributed by atoms with van der Waals surface area (Å²) in [5, 5.41) is 18.8. The normalized spacial score (nSPS) is 12.4. The molecule has 6 nitrogen and oxygen atoms in total. The zero-order valence-corrected chi connectivity index (χ0v) is 52.9. The van der Waals surface area contributed by atoms with E-state index in [1.54, 1.807) is 0 Å². The van der Waals surface area contributed by atoms with Crippen LogP contribution in [0.4, 0.5) is 34.1 Å². The van der Waals surface area contributed by atoms with Crippen LogP contribution in [0.3, 0.4) is 0 Å². The maximum atomic E-state index is 7.50. The van der Waals surface area contributed by atoms with Crippen molar-refractivity contribution < 1.29 is 13.3 Å². The second-order valence-electron chi connectivity index (χ2n) is 25.0. The molecular weight excluding hydrogens is 1220 g/mol. The summed E-state index contributed by atoms with van der Waals surface area (Å²) < 4.78 is 30.0. The smallest absolute Gasteiger partial charge is 0.214 e. The molecule has 0 fully saturated rings. The van der Waals surface area contributed by atoms with Crippen molar-refractivity contribution >= 4 is 222 Å². The van der Waals surface area contributed by atoms with Gasteiger partial charge in [0.1, 0.15) is 32.7 Å². The van der Waals surface area contributed by atoms with Gasteiger partial charge >= 0.3 is 0 Å². The van der Waals surface area contributed by atoms with E-state index in [1.165, 1.54) is 82.9 Å². The number of aromatic nitrogens is 1. The Morgan fingerprint density at radius 3 is 1.33 bits per heavy atom. The molecule has 8 aromatic heterocycles. The molecule has 442 valence electrons. The molecule has 9 heteroatoms. The van der Waals surface area contributed by atoms with Gasteiger partial charge in [-0.05, 0) is 101 Å². The van der Waals surface area contributed by atoms with Gasteiger partial charge in [-0.2, -0.15) is 0 Å². The fourth-order valence-electron chi connectivity index (χ4n) is 15.8. The summed E-state index contributed by atoms with van der Waals surface area (Å²) in [6.45, 7) is 0. The van der Waals surface area contributed by atoms with E-state index in [4.69, 9.17) is 13.3 Å². The molecule has 95 heavy (non-hydrogen) atoms. The second kappa shape index (κ2) is 19.4. The number of para-hydroxylation sites is 2. The first kappa shape index (κ1) is 51.8. The Kier molecular flexibility index (Phi) is 10.6. The first-order chi connectivity index (χ1) is 47.1. The summed E-state index contributed by atoms with van der Waals surface area (Å²) in [5.74, 6) is 0. The van der Waals surface area contributed by atoms with E-state index in [1.807, 2.05) is 34.0 Å². The van der Waals surface area contributed by atoms with Crippen LogP contribution in [-0.4, -0.2) is 4.40 Å². The number of furan rings is 3. The fourth-order valence-corrected chi connectivity index (χ4v) is 19.4. The van der Waals surface area contributed by atoms with Crippen LogP contribution in [0.25, 0.3) is 176 Å². The van der Waals surface area contributed by atoms with Gasteiger partial charge in [0, 0.05) is 136 Å². The van der Waals surface area contributed by atoms with Crippen molar-refractivity contribution in [3.05, 3.63) is 285 Å². The topological polar surface area (TPSA) is 50.3 Å². The molecule has 22 aromatic rings. The van der Waals surface area contributed by atoms with Gasteiger partial charge in [0.15, 0.2) is 0 Å². The first-order valence-corrected chi connectivity index (χ1v) is 34.5. The highest BCUT2D eigenvalue weighted by atomic mass is 32.1. The summed E-state index contributed by atoms with van der Waals surface area (Å²) in [6, 6.07) is 104. The Morgan fingerprint density at radius 1 is 0.284 bits per heavy atom. The standard InChI is InChI=1S/C86H47N3O3S3/c1-3-17-48(18-4-1)56-25-13-27-62-58-39-35-51(44-71(58)90-81(56)62)87(69-31-15-29-64-60-23-9-11-33-74(60)93-83(64)69)53-37-41-66-73(46-53)92-85-79(66)78-55-22-8-7-21-50(55)43-68-77-67-42-38-54(47-76(67)95-86(77)89(85)80(68)78)88(70-32-16-30-65-61-24-10-12-34-75(61)94-84(65)70)52-36-40-59-63-28-14-26-57(49-19-5-2-6-20-49)82(63)91-72(59)45-52/h1-47H. The van der Waals surface area contributed by atoms with Crippen molar-refractivity contribution in [1.82, 2.24) is 4.40 Å². The van der Waals surface area contributed by atoms with E-state index in [0.717, 1.165) is 127 Å². The lowest BCUT2D eigenvalue weighted by Crippen LogP contribution is -2.09. The lowest BCUT2D eigenvalue weighted by molar-refractivity contribution is 0.652. The molecule has 0 aliphatic rings. The van der Waals surface area contributed by atoms with Crippen molar-refractivity contribution in [2.75, 3.05) is 9.80 Å².